The van der Waals surface area contributed by atoms with Crippen LogP contribution in [-0.2, 0) is 0 Å². The second-order valence-electron chi connectivity index (χ2n) is 7.38. The van der Waals surface area contributed by atoms with E-state index < -0.39 is 0 Å². The molecule has 0 spiro atoms. The molecule has 0 saturated heterocycles. The molecular weight excluding hydrogens is 336 g/mol. The molecule has 2 aliphatic carbocycles. The molecule has 0 saturated carbocycles. The van der Waals surface area contributed by atoms with Crippen LogP contribution in [0.5, 0.6) is 0 Å². The van der Waals surface area contributed by atoms with Gasteiger partial charge in [-0.2, -0.15) is 0 Å². The maximum atomic E-state index is 2.25. The lowest BCUT2D eigenvalue weighted by Gasteiger charge is -2.13. The van der Waals surface area contributed by atoms with Gasteiger partial charge in [0.05, 0.1) is 0 Å². The Morgan fingerprint density at radius 1 is 0.393 bits per heavy atom. The van der Waals surface area contributed by atoms with E-state index in [0.29, 0.717) is 0 Å². The van der Waals surface area contributed by atoms with Gasteiger partial charge in [0.25, 0.3) is 0 Å². The molecule has 0 heteroatoms. The zero-order valence-corrected chi connectivity index (χ0v) is 15.4. The van der Waals surface area contributed by atoms with E-state index in [2.05, 4.69) is 109 Å². The van der Waals surface area contributed by atoms with Gasteiger partial charge >= 0.3 is 0 Å². The van der Waals surface area contributed by atoms with Crippen LogP contribution in [0.1, 0.15) is 0 Å². The van der Waals surface area contributed by atoms with Crippen LogP contribution in [0, 0.1) is 0 Å². The minimum Gasteiger partial charge on any atom is -0.0610 e. The highest BCUT2D eigenvalue weighted by Crippen LogP contribution is 2.39. The third-order valence-electron chi connectivity index (χ3n) is 5.83. The van der Waals surface area contributed by atoms with Gasteiger partial charge in [-0.1, -0.05) is 109 Å². The molecule has 0 aliphatic heterocycles. The molecule has 0 bridgehead atoms. The van der Waals surface area contributed by atoms with Gasteiger partial charge in [-0.05, 0) is 54.2 Å². The predicted octanol–water partition coefficient (Wildman–Crippen LogP) is 7.72. The van der Waals surface area contributed by atoms with Crippen molar-refractivity contribution >= 4 is 43.1 Å². The summed E-state index contributed by atoms with van der Waals surface area (Å²) in [4.78, 5) is 0. The lowest BCUT2D eigenvalue weighted by Crippen LogP contribution is -1.85. The highest BCUT2D eigenvalue weighted by Gasteiger charge is 2.11. The Hall–Kier alpha value is -3.64. The summed E-state index contributed by atoms with van der Waals surface area (Å²) in [7, 11) is 0. The van der Waals surface area contributed by atoms with Gasteiger partial charge in [-0.15, -0.1) is 0 Å². The minimum atomic E-state index is 1.33. The maximum absolute atomic E-state index is 2.25. The fourth-order valence-electron chi connectivity index (χ4n) is 4.59. The maximum Gasteiger partial charge on any atom is -0.00264 e. The first-order chi connectivity index (χ1) is 13.9. The number of hydrogen-bond acceptors (Lipinski definition) is 0. The average molecular weight is 354 g/mol. The first kappa shape index (κ1) is 15.4. The van der Waals surface area contributed by atoms with E-state index >= 15 is 0 Å². The Bertz CT molecular complexity index is 1290. The molecule has 0 radical (unpaired) electrons. The van der Waals surface area contributed by atoms with E-state index in [1.54, 1.807) is 0 Å². The molecule has 5 aromatic carbocycles. The third kappa shape index (κ3) is 2.18. The van der Waals surface area contributed by atoms with Gasteiger partial charge in [-0.25, -0.2) is 0 Å². The number of fused-ring (bicyclic) bond motifs is 3. The second-order valence-corrected chi connectivity index (χ2v) is 7.38. The molecule has 0 aromatic heterocycles. The Kier molecular flexibility index (Phi) is 3.27. The van der Waals surface area contributed by atoms with Gasteiger partial charge in [0.2, 0.25) is 0 Å². The monoisotopic (exact) mass is 354 g/mol. The molecule has 0 amide bonds. The van der Waals surface area contributed by atoms with Crippen molar-refractivity contribution in [3.63, 3.8) is 0 Å². The Morgan fingerprint density at radius 2 is 0.750 bits per heavy atom. The molecule has 2 aliphatic rings. The molecule has 28 heavy (non-hydrogen) atoms. The lowest BCUT2D eigenvalue weighted by molar-refractivity contribution is 1.69. The van der Waals surface area contributed by atoms with E-state index in [0.717, 1.165) is 0 Å². The first-order valence-electron chi connectivity index (χ1n) is 9.71. The van der Waals surface area contributed by atoms with Gasteiger partial charge in [0, 0.05) is 0 Å². The topological polar surface area (TPSA) is 0 Å². The van der Waals surface area contributed by atoms with Crippen LogP contribution in [0.3, 0.4) is 0 Å². The van der Waals surface area contributed by atoms with E-state index in [4.69, 9.17) is 0 Å². The number of allylic oxidation sites excluding steroid dienone is 8. The Morgan fingerprint density at radius 3 is 1.11 bits per heavy atom. The summed E-state index contributed by atoms with van der Waals surface area (Å²) in [6.07, 6.45) is 12.6. The van der Waals surface area contributed by atoms with Crippen molar-refractivity contribution in [2.75, 3.05) is 0 Å². The van der Waals surface area contributed by atoms with Gasteiger partial charge in [-0.3, -0.25) is 0 Å². The van der Waals surface area contributed by atoms with Crippen LogP contribution in [0.4, 0.5) is 0 Å². The largest absolute Gasteiger partial charge is 0.0610 e. The van der Waals surface area contributed by atoms with Gasteiger partial charge in [0.15, 0.2) is 0 Å². The molecular formula is C28H18. The molecule has 5 aromatic rings. The summed E-state index contributed by atoms with van der Waals surface area (Å²) in [6, 6.07) is 26.4. The second kappa shape index (κ2) is 5.94. The molecule has 0 atom stereocenters. The molecule has 0 heterocycles. The summed E-state index contributed by atoms with van der Waals surface area (Å²) in [5.74, 6) is 0. The van der Waals surface area contributed by atoms with Crippen molar-refractivity contribution in [1.29, 1.82) is 0 Å². The third-order valence-corrected chi connectivity index (χ3v) is 5.83. The lowest BCUT2D eigenvalue weighted by atomic mass is 9.90. The summed E-state index contributed by atoms with van der Waals surface area (Å²) in [5.41, 5.74) is 2.70. The fourth-order valence-corrected chi connectivity index (χ4v) is 4.59. The molecule has 0 fully saturated rings. The Balaban J connectivity index is 0.000000163. The SMILES string of the molecule is C1=CC2=CC=CC2=C1.c1cc2cccc3c4cccc5cccc(c(c1)c23)c54. The van der Waals surface area contributed by atoms with Crippen molar-refractivity contribution in [2.45, 2.75) is 0 Å². The van der Waals surface area contributed by atoms with E-state index in [1.807, 2.05) is 0 Å². The standard InChI is InChI=1S/C20H12.C8H6/c1-5-13-6-2-11-17-18-12-4-8-14-7-3-10-16(20(14)18)15(9-1)19(13)17;1-3-7-5-2-6-8(7)4-1/h1-12H;1-6H. The van der Waals surface area contributed by atoms with Crippen molar-refractivity contribution in [2.24, 2.45) is 0 Å². The van der Waals surface area contributed by atoms with Crippen molar-refractivity contribution < 1.29 is 0 Å². The van der Waals surface area contributed by atoms with Crippen LogP contribution in [0.2, 0.25) is 0 Å². The van der Waals surface area contributed by atoms with Gasteiger partial charge in [0.1, 0.15) is 0 Å². The van der Waals surface area contributed by atoms with Crippen LogP contribution in [-0.4, -0.2) is 0 Å². The molecule has 0 unspecified atom stereocenters. The summed E-state index contributed by atoms with van der Waals surface area (Å²) >= 11 is 0. The average Bonchev–Trinajstić information content (AvgIpc) is 3.37. The van der Waals surface area contributed by atoms with Crippen LogP contribution < -0.4 is 0 Å². The summed E-state index contributed by atoms with van der Waals surface area (Å²) < 4.78 is 0. The van der Waals surface area contributed by atoms with Crippen molar-refractivity contribution in [3.8, 4) is 0 Å². The van der Waals surface area contributed by atoms with Crippen LogP contribution in [0.25, 0.3) is 43.1 Å². The van der Waals surface area contributed by atoms with Crippen LogP contribution in [0.15, 0.2) is 120 Å². The number of rotatable bonds is 0. The zero-order chi connectivity index (χ0) is 18.5. The molecule has 130 valence electrons. The molecule has 0 nitrogen and oxygen atoms in total. The minimum absolute atomic E-state index is 1.33. The van der Waals surface area contributed by atoms with E-state index in [1.165, 1.54) is 54.2 Å². The zero-order valence-electron chi connectivity index (χ0n) is 15.4. The quantitative estimate of drug-likeness (QED) is 0.197. The van der Waals surface area contributed by atoms with Crippen molar-refractivity contribution in [3.05, 3.63) is 120 Å². The molecule has 7 rings (SSSR count). The normalized spacial score (nSPS) is 14.6. The summed E-state index contributed by atoms with van der Waals surface area (Å²) in [5, 5.41) is 10.9. The predicted molar refractivity (Wildman–Crippen MR) is 122 cm³/mol. The molecule has 0 N–H and O–H groups in total. The number of benzene rings is 5. The van der Waals surface area contributed by atoms with Crippen LogP contribution >= 0.6 is 0 Å². The smallest absolute Gasteiger partial charge is 0.00264 e. The number of hydrogen-bond donors (Lipinski definition) is 0. The van der Waals surface area contributed by atoms with Gasteiger partial charge < -0.3 is 0 Å². The highest BCUT2D eigenvalue weighted by molar-refractivity contribution is 6.32. The van der Waals surface area contributed by atoms with Crippen molar-refractivity contribution in [1.82, 2.24) is 0 Å². The summed E-state index contributed by atoms with van der Waals surface area (Å²) in [6.45, 7) is 0. The fraction of sp³-hybridized carbons (Fsp3) is 0. The van der Waals surface area contributed by atoms with E-state index in [-0.39, 0.29) is 0 Å². The highest BCUT2D eigenvalue weighted by atomic mass is 14.1. The Labute approximate surface area is 163 Å². The first-order valence-corrected chi connectivity index (χ1v) is 9.71. The van der Waals surface area contributed by atoms with E-state index in [9.17, 15) is 0 Å².